The lowest BCUT2D eigenvalue weighted by molar-refractivity contribution is 0.210. The molecule has 0 amide bonds. The van der Waals surface area contributed by atoms with Crippen molar-refractivity contribution in [1.29, 1.82) is 0 Å². The first-order chi connectivity index (χ1) is 9.88. The zero-order chi connectivity index (χ0) is 13.8. The van der Waals surface area contributed by atoms with Gasteiger partial charge < -0.3 is 10.5 Å². The first kappa shape index (κ1) is 13.4. The highest BCUT2D eigenvalue weighted by atomic mass is 16.5. The summed E-state index contributed by atoms with van der Waals surface area (Å²) in [4.78, 5) is 0. The molecule has 0 aliphatic heterocycles. The molecule has 3 rings (SSSR count). The fourth-order valence-corrected chi connectivity index (χ4v) is 3.20. The van der Waals surface area contributed by atoms with Crippen LogP contribution in [-0.4, -0.2) is 6.61 Å². The van der Waals surface area contributed by atoms with Gasteiger partial charge in [0, 0.05) is 11.9 Å². The Hall–Kier alpha value is -1.54. The van der Waals surface area contributed by atoms with Gasteiger partial charge in [-0.05, 0) is 35.8 Å². The summed E-state index contributed by atoms with van der Waals surface area (Å²) in [6.45, 7) is 1.43. The molecule has 1 fully saturated rings. The number of nitrogens with two attached hydrogens (primary N) is 1. The summed E-state index contributed by atoms with van der Waals surface area (Å²) in [7, 11) is 0. The van der Waals surface area contributed by atoms with E-state index >= 15 is 0 Å². The molecule has 106 valence electrons. The third-order valence-electron chi connectivity index (χ3n) is 4.39. The van der Waals surface area contributed by atoms with E-state index in [1.165, 1.54) is 48.4 Å². The lowest BCUT2D eigenvalue weighted by atomic mass is 9.90. The molecule has 2 aromatic rings. The Bertz CT molecular complexity index is 573. The van der Waals surface area contributed by atoms with Gasteiger partial charge in [0.15, 0.2) is 0 Å². The first-order valence-electron chi connectivity index (χ1n) is 7.72. The van der Waals surface area contributed by atoms with E-state index in [0.29, 0.717) is 6.54 Å². The summed E-state index contributed by atoms with van der Waals surface area (Å²) in [5.41, 5.74) is 7.00. The molecule has 0 unspecified atom stereocenters. The largest absolute Gasteiger partial charge is 0.493 e. The Labute approximate surface area is 120 Å². The standard InChI is InChI=1S/C18H23NO/c19-12-15-10-11-18(17-9-5-4-8-16(15)17)20-13-14-6-2-1-3-7-14/h4-5,8-11,14H,1-3,6-7,12-13,19H2. The molecule has 1 aliphatic rings. The van der Waals surface area contributed by atoms with Crippen molar-refractivity contribution in [1.82, 2.24) is 0 Å². The Morgan fingerprint density at radius 1 is 0.950 bits per heavy atom. The molecule has 0 bridgehead atoms. The fourth-order valence-electron chi connectivity index (χ4n) is 3.20. The lowest BCUT2D eigenvalue weighted by Gasteiger charge is -2.22. The Balaban J connectivity index is 1.80. The van der Waals surface area contributed by atoms with Gasteiger partial charge in [0.25, 0.3) is 0 Å². The van der Waals surface area contributed by atoms with E-state index in [0.717, 1.165) is 18.3 Å². The maximum absolute atomic E-state index is 6.12. The van der Waals surface area contributed by atoms with Crippen molar-refractivity contribution < 1.29 is 4.74 Å². The Kier molecular flexibility index (Phi) is 4.22. The van der Waals surface area contributed by atoms with E-state index in [9.17, 15) is 0 Å². The zero-order valence-electron chi connectivity index (χ0n) is 12.0. The molecule has 20 heavy (non-hydrogen) atoms. The van der Waals surface area contributed by atoms with Crippen LogP contribution in [0.25, 0.3) is 10.8 Å². The molecule has 0 heterocycles. The predicted molar refractivity (Wildman–Crippen MR) is 83.9 cm³/mol. The van der Waals surface area contributed by atoms with Crippen LogP contribution in [0.3, 0.4) is 0 Å². The van der Waals surface area contributed by atoms with Crippen LogP contribution in [0.2, 0.25) is 0 Å². The molecule has 2 N–H and O–H groups in total. The molecular weight excluding hydrogens is 246 g/mol. The zero-order valence-corrected chi connectivity index (χ0v) is 12.0. The van der Waals surface area contributed by atoms with Gasteiger partial charge in [-0.25, -0.2) is 0 Å². The third kappa shape index (κ3) is 2.80. The van der Waals surface area contributed by atoms with Gasteiger partial charge in [-0.1, -0.05) is 49.6 Å². The van der Waals surface area contributed by atoms with Crippen molar-refractivity contribution >= 4 is 10.8 Å². The van der Waals surface area contributed by atoms with Gasteiger partial charge in [0.1, 0.15) is 5.75 Å². The van der Waals surface area contributed by atoms with Crippen LogP contribution in [0.15, 0.2) is 36.4 Å². The van der Waals surface area contributed by atoms with Crippen molar-refractivity contribution in [3.05, 3.63) is 42.0 Å². The van der Waals surface area contributed by atoms with E-state index in [4.69, 9.17) is 10.5 Å². The number of ether oxygens (including phenoxy) is 1. The van der Waals surface area contributed by atoms with Crippen LogP contribution in [-0.2, 0) is 6.54 Å². The van der Waals surface area contributed by atoms with Gasteiger partial charge in [-0.2, -0.15) is 0 Å². The second kappa shape index (κ2) is 6.27. The number of benzene rings is 2. The quantitative estimate of drug-likeness (QED) is 0.900. The predicted octanol–water partition coefficient (Wildman–Crippen LogP) is 4.26. The minimum Gasteiger partial charge on any atom is -0.493 e. The minimum atomic E-state index is 0.573. The Morgan fingerprint density at radius 3 is 2.45 bits per heavy atom. The average molecular weight is 269 g/mol. The number of fused-ring (bicyclic) bond motifs is 1. The second-order valence-electron chi connectivity index (χ2n) is 5.79. The molecule has 1 aliphatic carbocycles. The molecule has 0 aromatic heterocycles. The normalized spacial score (nSPS) is 16.4. The van der Waals surface area contributed by atoms with Gasteiger partial charge in [-0.3, -0.25) is 0 Å². The molecule has 1 saturated carbocycles. The second-order valence-corrected chi connectivity index (χ2v) is 5.79. The first-order valence-corrected chi connectivity index (χ1v) is 7.72. The highest BCUT2D eigenvalue weighted by Crippen LogP contribution is 2.30. The van der Waals surface area contributed by atoms with Gasteiger partial charge in [0.05, 0.1) is 6.61 Å². The van der Waals surface area contributed by atoms with E-state index in [1.54, 1.807) is 0 Å². The molecule has 0 atom stereocenters. The third-order valence-corrected chi connectivity index (χ3v) is 4.39. The van der Waals surface area contributed by atoms with E-state index in [-0.39, 0.29) is 0 Å². The van der Waals surface area contributed by atoms with E-state index < -0.39 is 0 Å². The smallest absolute Gasteiger partial charge is 0.127 e. The summed E-state index contributed by atoms with van der Waals surface area (Å²) in [6, 6.07) is 12.6. The molecule has 2 aromatic carbocycles. The Morgan fingerprint density at radius 2 is 1.70 bits per heavy atom. The van der Waals surface area contributed by atoms with Crippen LogP contribution in [0.1, 0.15) is 37.7 Å². The molecule has 0 radical (unpaired) electrons. The summed E-state index contributed by atoms with van der Waals surface area (Å²) in [5, 5.41) is 2.41. The van der Waals surface area contributed by atoms with Gasteiger partial charge >= 0.3 is 0 Å². The van der Waals surface area contributed by atoms with Gasteiger partial charge in [0.2, 0.25) is 0 Å². The van der Waals surface area contributed by atoms with Crippen LogP contribution in [0.5, 0.6) is 5.75 Å². The molecule has 2 heteroatoms. The highest BCUT2D eigenvalue weighted by Gasteiger charge is 2.14. The van der Waals surface area contributed by atoms with Crippen LogP contribution < -0.4 is 10.5 Å². The van der Waals surface area contributed by atoms with Gasteiger partial charge in [-0.15, -0.1) is 0 Å². The monoisotopic (exact) mass is 269 g/mol. The molecular formula is C18H23NO. The number of hydrogen-bond acceptors (Lipinski definition) is 2. The topological polar surface area (TPSA) is 35.2 Å². The summed E-state index contributed by atoms with van der Waals surface area (Å²) >= 11 is 0. The number of hydrogen-bond donors (Lipinski definition) is 1. The van der Waals surface area contributed by atoms with Crippen LogP contribution in [0, 0.1) is 5.92 Å². The summed E-state index contributed by atoms with van der Waals surface area (Å²) in [5.74, 6) is 1.74. The van der Waals surface area contributed by atoms with Crippen molar-refractivity contribution in [2.24, 2.45) is 11.7 Å². The SMILES string of the molecule is NCc1ccc(OCC2CCCCC2)c2ccccc12. The molecule has 0 saturated heterocycles. The molecule has 2 nitrogen and oxygen atoms in total. The lowest BCUT2D eigenvalue weighted by Crippen LogP contribution is -2.15. The summed E-state index contributed by atoms with van der Waals surface area (Å²) < 4.78 is 6.12. The maximum atomic E-state index is 6.12. The van der Waals surface area contributed by atoms with Crippen LogP contribution in [0.4, 0.5) is 0 Å². The maximum Gasteiger partial charge on any atom is 0.127 e. The highest BCUT2D eigenvalue weighted by molar-refractivity contribution is 5.91. The number of rotatable bonds is 4. The van der Waals surface area contributed by atoms with Crippen molar-refractivity contribution in [2.45, 2.75) is 38.6 Å². The fraction of sp³-hybridized carbons (Fsp3) is 0.444. The van der Waals surface area contributed by atoms with Crippen molar-refractivity contribution in [2.75, 3.05) is 6.61 Å². The van der Waals surface area contributed by atoms with Crippen LogP contribution >= 0.6 is 0 Å². The van der Waals surface area contributed by atoms with E-state index in [2.05, 4.69) is 36.4 Å². The van der Waals surface area contributed by atoms with E-state index in [1.807, 2.05) is 0 Å². The summed E-state index contributed by atoms with van der Waals surface area (Å²) in [6.07, 6.45) is 6.75. The minimum absolute atomic E-state index is 0.573. The molecule has 0 spiro atoms. The van der Waals surface area contributed by atoms with Crippen molar-refractivity contribution in [3.8, 4) is 5.75 Å². The van der Waals surface area contributed by atoms with Crippen molar-refractivity contribution in [3.63, 3.8) is 0 Å². The average Bonchev–Trinajstić information content (AvgIpc) is 2.53.